The molecule has 9 nitrogen and oxygen atoms in total. The van der Waals surface area contributed by atoms with Crippen molar-refractivity contribution in [2.24, 2.45) is 0 Å². The van der Waals surface area contributed by atoms with Crippen LogP contribution in [0.1, 0.15) is 11.8 Å². The van der Waals surface area contributed by atoms with E-state index in [9.17, 15) is 15.2 Å². The van der Waals surface area contributed by atoms with Crippen LogP contribution in [0.4, 0.5) is 11.4 Å². The van der Waals surface area contributed by atoms with Crippen LogP contribution in [-0.2, 0) is 0 Å². The summed E-state index contributed by atoms with van der Waals surface area (Å²) >= 11 is 1.31. The van der Waals surface area contributed by atoms with Crippen LogP contribution >= 0.6 is 11.8 Å². The number of aromatic hydroxyl groups is 1. The lowest BCUT2D eigenvalue weighted by atomic mass is 10.1. The molecule has 4 rings (SSSR count). The molecule has 0 bridgehead atoms. The molecule has 2 N–H and O–H groups in total. The molecule has 0 saturated heterocycles. The number of hydrogen-bond acceptors (Lipinski definition) is 9. The fourth-order valence-electron chi connectivity index (χ4n) is 2.74. The van der Waals surface area contributed by atoms with Gasteiger partial charge < -0.3 is 15.2 Å². The van der Waals surface area contributed by atoms with E-state index in [4.69, 9.17) is 4.74 Å². The third kappa shape index (κ3) is 3.10. The monoisotopic (exact) mass is 383 g/mol. The van der Waals surface area contributed by atoms with E-state index in [0.717, 1.165) is 5.56 Å². The summed E-state index contributed by atoms with van der Waals surface area (Å²) in [5.74, 6) is 0.0915. The van der Waals surface area contributed by atoms with Crippen LogP contribution < -0.4 is 10.1 Å². The lowest BCUT2D eigenvalue weighted by Gasteiger charge is -2.20. The first-order chi connectivity index (χ1) is 13.1. The minimum absolute atomic E-state index is 0.133. The summed E-state index contributed by atoms with van der Waals surface area (Å²) in [7, 11) is 0. The molecular weight excluding hydrogens is 370 g/mol. The van der Waals surface area contributed by atoms with Crippen LogP contribution in [0.3, 0.4) is 0 Å². The van der Waals surface area contributed by atoms with Gasteiger partial charge in [-0.15, -0.1) is 10.2 Å². The number of aromatic nitrogens is 3. The summed E-state index contributed by atoms with van der Waals surface area (Å²) in [6.07, 6.45) is 0.912. The van der Waals surface area contributed by atoms with Gasteiger partial charge in [-0.05, 0) is 18.4 Å². The SMILES string of the molecule is CSc1nnc2c(n1)OC(c1cc([N+](=O)[O-])ccc1O)Nc1ccccc1-2. The second-order valence-electron chi connectivity index (χ2n) is 5.64. The van der Waals surface area contributed by atoms with Crippen molar-refractivity contribution in [2.45, 2.75) is 11.4 Å². The van der Waals surface area contributed by atoms with Crippen molar-refractivity contribution in [1.82, 2.24) is 15.2 Å². The molecule has 27 heavy (non-hydrogen) atoms. The van der Waals surface area contributed by atoms with Crippen molar-refractivity contribution < 1.29 is 14.8 Å². The Balaban J connectivity index is 1.88. The molecule has 1 aliphatic heterocycles. The van der Waals surface area contributed by atoms with Crippen molar-refractivity contribution in [3.05, 3.63) is 58.1 Å². The molecule has 1 atom stereocenters. The van der Waals surface area contributed by atoms with Crippen molar-refractivity contribution in [3.8, 4) is 22.9 Å². The first-order valence-corrected chi connectivity index (χ1v) is 9.08. The number of phenolic OH excluding ortho intramolecular Hbond substituents is 1. The predicted octanol–water partition coefficient (Wildman–Crippen LogP) is 3.38. The second-order valence-corrected chi connectivity index (χ2v) is 6.41. The van der Waals surface area contributed by atoms with E-state index < -0.39 is 11.2 Å². The van der Waals surface area contributed by atoms with Gasteiger partial charge in [0.25, 0.3) is 5.69 Å². The highest BCUT2D eigenvalue weighted by atomic mass is 32.2. The summed E-state index contributed by atoms with van der Waals surface area (Å²) < 4.78 is 5.96. The number of nitro benzene ring substituents is 1. The van der Waals surface area contributed by atoms with E-state index in [1.807, 2.05) is 30.5 Å². The largest absolute Gasteiger partial charge is 0.507 e. The predicted molar refractivity (Wildman–Crippen MR) is 98.8 cm³/mol. The molecule has 0 saturated carbocycles. The van der Waals surface area contributed by atoms with Crippen molar-refractivity contribution in [1.29, 1.82) is 0 Å². The van der Waals surface area contributed by atoms with Crippen LogP contribution in [0, 0.1) is 10.1 Å². The Morgan fingerprint density at radius 3 is 2.85 bits per heavy atom. The maximum absolute atomic E-state index is 11.1. The van der Waals surface area contributed by atoms with Crippen LogP contribution in [0.5, 0.6) is 11.6 Å². The molecule has 10 heteroatoms. The Hall–Kier alpha value is -3.40. The van der Waals surface area contributed by atoms with Gasteiger partial charge in [0.15, 0.2) is 5.69 Å². The van der Waals surface area contributed by atoms with Gasteiger partial charge in [0.1, 0.15) is 5.75 Å². The van der Waals surface area contributed by atoms with Crippen LogP contribution in [0.15, 0.2) is 47.6 Å². The molecule has 136 valence electrons. The number of para-hydroxylation sites is 1. The second kappa shape index (κ2) is 6.72. The molecule has 2 aromatic carbocycles. The molecule has 1 aromatic heterocycles. The molecule has 0 fully saturated rings. The Morgan fingerprint density at radius 1 is 1.26 bits per heavy atom. The number of nitrogens with zero attached hydrogens (tertiary/aromatic N) is 4. The summed E-state index contributed by atoms with van der Waals surface area (Å²) in [5, 5.41) is 33.2. The Kier molecular flexibility index (Phi) is 4.24. The highest BCUT2D eigenvalue weighted by Crippen LogP contribution is 2.41. The molecular formula is C17H13N5O4S. The van der Waals surface area contributed by atoms with Gasteiger partial charge in [-0.25, -0.2) is 0 Å². The average Bonchev–Trinajstić information content (AvgIpc) is 2.84. The van der Waals surface area contributed by atoms with Gasteiger partial charge in [0.2, 0.25) is 17.3 Å². The molecule has 1 aliphatic rings. The normalized spacial score (nSPS) is 14.9. The molecule has 0 amide bonds. The van der Waals surface area contributed by atoms with Gasteiger partial charge in [-0.3, -0.25) is 10.1 Å². The maximum atomic E-state index is 11.1. The highest BCUT2D eigenvalue weighted by molar-refractivity contribution is 7.98. The van der Waals surface area contributed by atoms with E-state index in [1.54, 1.807) is 0 Å². The first kappa shape index (κ1) is 17.0. The zero-order valence-electron chi connectivity index (χ0n) is 14.0. The van der Waals surface area contributed by atoms with Gasteiger partial charge in [0, 0.05) is 23.4 Å². The van der Waals surface area contributed by atoms with Crippen LogP contribution in [-0.4, -0.2) is 31.5 Å². The quantitative estimate of drug-likeness (QED) is 0.398. The van der Waals surface area contributed by atoms with Crippen molar-refractivity contribution in [3.63, 3.8) is 0 Å². The average molecular weight is 383 g/mol. The van der Waals surface area contributed by atoms with E-state index >= 15 is 0 Å². The zero-order chi connectivity index (χ0) is 19.0. The number of anilines is 1. The molecule has 3 aromatic rings. The number of benzene rings is 2. The summed E-state index contributed by atoms with van der Waals surface area (Å²) in [6.45, 7) is 0. The number of rotatable bonds is 3. The third-order valence-corrected chi connectivity index (χ3v) is 4.56. The minimum atomic E-state index is -0.904. The Labute approximate surface area is 157 Å². The van der Waals surface area contributed by atoms with Gasteiger partial charge >= 0.3 is 0 Å². The van der Waals surface area contributed by atoms with E-state index in [0.29, 0.717) is 16.5 Å². The van der Waals surface area contributed by atoms with Crippen molar-refractivity contribution in [2.75, 3.05) is 11.6 Å². The molecule has 0 spiro atoms. The number of ether oxygens (including phenoxy) is 1. The Morgan fingerprint density at radius 2 is 2.07 bits per heavy atom. The third-order valence-electron chi connectivity index (χ3n) is 4.02. The van der Waals surface area contributed by atoms with E-state index in [2.05, 4.69) is 20.5 Å². The molecule has 0 radical (unpaired) electrons. The number of hydrogen-bond donors (Lipinski definition) is 2. The van der Waals surface area contributed by atoms with Crippen LogP contribution in [0.2, 0.25) is 0 Å². The van der Waals surface area contributed by atoms with Gasteiger partial charge in [-0.2, -0.15) is 4.98 Å². The number of non-ortho nitro benzene ring substituents is 1. The molecule has 0 aliphatic carbocycles. The first-order valence-electron chi connectivity index (χ1n) is 7.85. The maximum Gasteiger partial charge on any atom is 0.270 e. The molecule has 1 unspecified atom stereocenters. The number of thioether (sulfide) groups is 1. The smallest absolute Gasteiger partial charge is 0.270 e. The number of nitro groups is 1. The summed E-state index contributed by atoms with van der Waals surface area (Å²) in [4.78, 5) is 15.0. The fourth-order valence-corrected chi connectivity index (χ4v) is 3.04. The standard InChI is InChI=1S/C17H13N5O4S/c1-27-17-19-16-14(20-21-17)10-4-2-3-5-12(10)18-15(26-16)11-8-9(22(24)25)6-7-13(11)23/h2-8,15,18,23H,1H3. The lowest BCUT2D eigenvalue weighted by molar-refractivity contribution is -0.385. The minimum Gasteiger partial charge on any atom is -0.507 e. The van der Waals surface area contributed by atoms with Gasteiger partial charge in [0.05, 0.1) is 10.5 Å². The zero-order valence-corrected chi connectivity index (χ0v) is 14.8. The summed E-state index contributed by atoms with van der Waals surface area (Å²) in [6, 6.07) is 11.1. The number of fused-ring (bicyclic) bond motifs is 3. The van der Waals surface area contributed by atoms with E-state index in [-0.39, 0.29) is 22.9 Å². The molecule has 2 heterocycles. The number of nitrogens with one attached hydrogen (secondary N) is 1. The highest BCUT2D eigenvalue weighted by Gasteiger charge is 2.28. The topological polar surface area (TPSA) is 123 Å². The van der Waals surface area contributed by atoms with Crippen molar-refractivity contribution >= 4 is 23.1 Å². The van der Waals surface area contributed by atoms with Gasteiger partial charge in [-0.1, -0.05) is 30.0 Å². The fraction of sp³-hybridized carbons (Fsp3) is 0.118. The lowest BCUT2D eigenvalue weighted by Crippen LogP contribution is -2.17. The van der Waals surface area contributed by atoms with Crippen LogP contribution in [0.25, 0.3) is 11.3 Å². The summed E-state index contributed by atoms with van der Waals surface area (Å²) in [5.41, 5.74) is 1.92. The Bertz CT molecular complexity index is 1050. The van der Waals surface area contributed by atoms with E-state index in [1.165, 1.54) is 30.0 Å². The number of phenols is 1.